The van der Waals surface area contributed by atoms with Crippen LogP contribution in [0.5, 0.6) is 0 Å². The Labute approximate surface area is 282 Å². The summed E-state index contributed by atoms with van der Waals surface area (Å²) in [4.78, 5) is 16.3. The fourth-order valence-electron chi connectivity index (χ4n) is 9.41. The average molecular weight is 625 g/mol. The maximum Gasteiger partial charge on any atom is 0.165 e. The van der Waals surface area contributed by atoms with Gasteiger partial charge in [-0.3, -0.25) is 0 Å². The molecule has 0 saturated heterocycles. The summed E-state index contributed by atoms with van der Waals surface area (Å²) in [5.41, 5.74) is 7.77. The molecule has 7 aromatic rings. The van der Waals surface area contributed by atoms with Gasteiger partial charge in [-0.05, 0) is 73.6 Å². The lowest BCUT2D eigenvalue weighted by molar-refractivity contribution is 0.0720. The number of benzene rings is 5. The molecule has 0 spiro atoms. The monoisotopic (exact) mass is 624 g/mol. The standard InChI is InChI=1S/C44H40N4/c1-29-24-31-25-30(2)27-44(26-29,28-31)43-46-41(33-16-7-4-8-17-33)45-42(47-43)37-21-13-20-34(32-14-5-3-6-15-32)40(37)48-38-22-11-9-18-35(38)36-19-10-12-23-39(36)48/h3-23,29-31H,24-28H2,1-2H3/t29-,30?,31-,44?/m1/s1. The highest BCUT2D eigenvalue weighted by Gasteiger charge is 2.47. The fraction of sp³-hybridized carbons (Fsp3) is 0.250. The lowest BCUT2D eigenvalue weighted by atomic mass is 9.56. The molecule has 2 aromatic heterocycles. The van der Waals surface area contributed by atoms with Crippen molar-refractivity contribution in [2.75, 3.05) is 0 Å². The van der Waals surface area contributed by atoms with Gasteiger partial charge in [0.05, 0.1) is 16.7 Å². The third kappa shape index (κ3) is 4.85. The zero-order valence-corrected chi connectivity index (χ0v) is 27.7. The molecule has 0 N–H and O–H groups in total. The largest absolute Gasteiger partial charge is 0.308 e. The highest BCUT2D eigenvalue weighted by Crippen LogP contribution is 2.53. The second-order valence-electron chi connectivity index (χ2n) is 14.6. The number of fused-ring (bicyclic) bond motifs is 5. The molecule has 2 saturated carbocycles. The Balaban J connectivity index is 1.36. The molecule has 0 aliphatic heterocycles. The molecule has 2 bridgehead atoms. The van der Waals surface area contributed by atoms with E-state index in [-0.39, 0.29) is 5.41 Å². The van der Waals surface area contributed by atoms with E-state index in [2.05, 4.69) is 146 Å². The van der Waals surface area contributed by atoms with Gasteiger partial charge >= 0.3 is 0 Å². The summed E-state index contributed by atoms with van der Waals surface area (Å²) in [5.74, 6) is 4.53. The smallest absolute Gasteiger partial charge is 0.165 e. The number of hydrogen-bond donors (Lipinski definition) is 0. The van der Waals surface area contributed by atoms with Crippen molar-refractivity contribution in [2.24, 2.45) is 17.8 Å². The van der Waals surface area contributed by atoms with Crippen LogP contribution in [-0.4, -0.2) is 19.5 Å². The van der Waals surface area contributed by atoms with E-state index >= 15 is 0 Å². The molecule has 5 aromatic carbocycles. The Bertz CT molecular complexity index is 2200. The lowest BCUT2D eigenvalue weighted by Crippen LogP contribution is -2.43. The summed E-state index contributed by atoms with van der Waals surface area (Å²) in [6.45, 7) is 4.86. The molecule has 0 amide bonds. The molecule has 4 nitrogen and oxygen atoms in total. The summed E-state index contributed by atoms with van der Waals surface area (Å²) in [6, 6.07) is 45.3. The predicted molar refractivity (Wildman–Crippen MR) is 197 cm³/mol. The van der Waals surface area contributed by atoms with Crippen LogP contribution in [0.15, 0.2) is 127 Å². The third-order valence-corrected chi connectivity index (χ3v) is 10.9. The Morgan fingerprint density at radius 2 is 1.06 bits per heavy atom. The summed E-state index contributed by atoms with van der Waals surface area (Å²) >= 11 is 0. The summed E-state index contributed by atoms with van der Waals surface area (Å²) in [7, 11) is 0. The minimum Gasteiger partial charge on any atom is -0.308 e. The minimum absolute atomic E-state index is 0.0364. The molecule has 2 unspecified atom stereocenters. The van der Waals surface area contributed by atoms with E-state index in [1.54, 1.807) is 0 Å². The van der Waals surface area contributed by atoms with Gasteiger partial charge in [0.2, 0.25) is 0 Å². The fourth-order valence-corrected chi connectivity index (χ4v) is 9.41. The van der Waals surface area contributed by atoms with Crippen LogP contribution < -0.4 is 0 Å². The van der Waals surface area contributed by atoms with Crippen LogP contribution in [0.3, 0.4) is 0 Å². The van der Waals surface area contributed by atoms with Crippen LogP contribution in [0.25, 0.3) is 61.4 Å². The highest BCUT2D eigenvalue weighted by atomic mass is 15.1. The van der Waals surface area contributed by atoms with E-state index < -0.39 is 0 Å². The van der Waals surface area contributed by atoms with Crippen LogP contribution in [0.1, 0.15) is 51.8 Å². The number of para-hydroxylation sites is 3. The second kappa shape index (κ2) is 11.6. The van der Waals surface area contributed by atoms with Crippen molar-refractivity contribution < 1.29 is 0 Å². The molecule has 236 valence electrons. The van der Waals surface area contributed by atoms with Gasteiger partial charge in [-0.2, -0.15) is 0 Å². The van der Waals surface area contributed by atoms with E-state index in [9.17, 15) is 0 Å². The quantitative estimate of drug-likeness (QED) is 0.191. The van der Waals surface area contributed by atoms with E-state index in [1.165, 1.54) is 41.1 Å². The zero-order valence-electron chi connectivity index (χ0n) is 27.7. The number of rotatable bonds is 5. The van der Waals surface area contributed by atoms with Crippen molar-refractivity contribution >= 4 is 21.8 Å². The molecule has 2 aliphatic carbocycles. The highest BCUT2D eigenvalue weighted by molar-refractivity contribution is 6.10. The third-order valence-electron chi connectivity index (χ3n) is 10.9. The second-order valence-corrected chi connectivity index (χ2v) is 14.6. The van der Waals surface area contributed by atoms with Crippen molar-refractivity contribution in [3.63, 3.8) is 0 Å². The first-order chi connectivity index (χ1) is 23.6. The molecule has 4 heteroatoms. The summed E-state index contributed by atoms with van der Waals surface area (Å²) in [5, 5.41) is 2.47. The molecule has 9 rings (SSSR count). The Kier molecular flexibility index (Phi) is 7.00. The minimum atomic E-state index is -0.0364. The topological polar surface area (TPSA) is 43.6 Å². The van der Waals surface area contributed by atoms with Crippen molar-refractivity contribution in [2.45, 2.75) is 51.4 Å². The van der Waals surface area contributed by atoms with Crippen LogP contribution in [0.4, 0.5) is 0 Å². The molecule has 0 radical (unpaired) electrons. The van der Waals surface area contributed by atoms with Crippen LogP contribution >= 0.6 is 0 Å². The average Bonchev–Trinajstić information content (AvgIpc) is 3.45. The van der Waals surface area contributed by atoms with E-state index in [4.69, 9.17) is 15.0 Å². The van der Waals surface area contributed by atoms with Gasteiger partial charge in [0.25, 0.3) is 0 Å². The molecule has 2 fully saturated rings. The van der Waals surface area contributed by atoms with E-state index in [0.717, 1.165) is 64.2 Å². The zero-order chi connectivity index (χ0) is 32.2. The van der Waals surface area contributed by atoms with Crippen molar-refractivity contribution in [1.29, 1.82) is 0 Å². The SMILES string of the molecule is CC1C[C@H]2C[C@@H](C)CC(c3nc(-c4ccccc4)nc(-c4cccc(-c5ccccc5)c4-n4c5ccccc5c5ccccc54)n3)(C1)C2. The van der Waals surface area contributed by atoms with Gasteiger partial charge in [-0.25, -0.2) is 15.0 Å². The predicted octanol–water partition coefficient (Wildman–Crippen LogP) is 11.1. The summed E-state index contributed by atoms with van der Waals surface area (Å²) < 4.78 is 2.44. The van der Waals surface area contributed by atoms with Gasteiger partial charge in [-0.1, -0.05) is 123 Å². The number of aromatic nitrogens is 4. The number of hydrogen-bond acceptors (Lipinski definition) is 3. The summed E-state index contributed by atoms with van der Waals surface area (Å²) in [6.07, 6.45) is 6.06. The van der Waals surface area contributed by atoms with Crippen LogP contribution in [-0.2, 0) is 5.41 Å². The maximum absolute atomic E-state index is 5.56. The van der Waals surface area contributed by atoms with Crippen molar-refractivity contribution in [3.8, 4) is 39.6 Å². The van der Waals surface area contributed by atoms with E-state index in [0.29, 0.717) is 11.8 Å². The Morgan fingerprint density at radius 1 is 0.521 bits per heavy atom. The lowest BCUT2D eigenvalue weighted by Gasteiger charge is -2.49. The molecule has 2 heterocycles. The Morgan fingerprint density at radius 3 is 1.71 bits per heavy atom. The normalized spacial score (nSPS) is 22.2. The van der Waals surface area contributed by atoms with Gasteiger partial charge in [0.1, 0.15) is 5.82 Å². The first kappa shape index (κ1) is 29.1. The molecular formula is C44H40N4. The first-order valence-corrected chi connectivity index (χ1v) is 17.6. The molecule has 4 atom stereocenters. The number of nitrogens with zero attached hydrogens (tertiary/aromatic N) is 4. The maximum atomic E-state index is 5.56. The van der Waals surface area contributed by atoms with E-state index in [1.807, 2.05) is 0 Å². The molecular weight excluding hydrogens is 585 g/mol. The van der Waals surface area contributed by atoms with Crippen LogP contribution in [0, 0.1) is 17.8 Å². The Hall–Kier alpha value is -5.09. The molecule has 2 aliphatic rings. The van der Waals surface area contributed by atoms with Gasteiger partial charge in [0.15, 0.2) is 11.6 Å². The van der Waals surface area contributed by atoms with Gasteiger partial charge < -0.3 is 4.57 Å². The first-order valence-electron chi connectivity index (χ1n) is 17.6. The van der Waals surface area contributed by atoms with Gasteiger partial charge in [-0.15, -0.1) is 0 Å². The molecule has 48 heavy (non-hydrogen) atoms. The van der Waals surface area contributed by atoms with Gasteiger partial charge in [0, 0.05) is 32.9 Å². The van der Waals surface area contributed by atoms with Crippen LogP contribution in [0.2, 0.25) is 0 Å². The van der Waals surface area contributed by atoms with Crippen molar-refractivity contribution in [3.05, 3.63) is 133 Å². The van der Waals surface area contributed by atoms with Crippen molar-refractivity contribution in [1.82, 2.24) is 19.5 Å².